The van der Waals surface area contributed by atoms with Gasteiger partial charge in [-0.2, -0.15) is 0 Å². The van der Waals surface area contributed by atoms with Crippen LogP contribution in [0.5, 0.6) is 0 Å². The van der Waals surface area contributed by atoms with E-state index >= 15 is 0 Å². The maximum Gasteiger partial charge on any atom is 0.234 e. The molecule has 2 fully saturated rings. The van der Waals surface area contributed by atoms with Crippen LogP contribution in [-0.4, -0.2) is 143 Å². The summed E-state index contributed by atoms with van der Waals surface area (Å²) in [6, 6.07) is 0. The van der Waals surface area contributed by atoms with Gasteiger partial charge in [0.2, 0.25) is 11.8 Å². The Hall–Kier alpha value is -1.50. The Morgan fingerprint density at radius 3 is 1.31 bits per heavy atom. The SMILES string of the molecule is CCCCCCCNCC(=O)NC[C@H]1O[C@H](OC2O[C@H](CNC(=O)CNCCCCCCC)[C@@H](O)[C@H](O)[C@H]2O)[C@H](O)[C@H](O)[C@@H]1O. The molecule has 2 aliphatic heterocycles. The number of unbranched alkanes of at least 4 members (excludes halogenated alkanes) is 8. The summed E-state index contributed by atoms with van der Waals surface area (Å²) in [4.78, 5) is 24.5. The molecule has 0 bridgehead atoms. The van der Waals surface area contributed by atoms with E-state index in [4.69, 9.17) is 14.2 Å². The van der Waals surface area contributed by atoms with E-state index < -0.39 is 61.4 Å². The van der Waals surface area contributed by atoms with Crippen LogP contribution in [0.25, 0.3) is 0 Å². The van der Waals surface area contributed by atoms with E-state index in [2.05, 4.69) is 35.1 Å². The number of hydrogen-bond donors (Lipinski definition) is 10. The molecule has 264 valence electrons. The van der Waals surface area contributed by atoms with Crippen LogP contribution in [0, 0.1) is 0 Å². The van der Waals surface area contributed by atoms with Crippen LogP contribution < -0.4 is 21.3 Å². The lowest BCUT2D eigenvalue weighted by atomic mass is 9.97. The van der Waals surface area contributed by atoms with Crippen LogP contribution in [0.15, 0.2) is 0 Å². The molecule has 15 heteroatoms. The van der Waals surface area contributed by atoms with E-state index in [-0.39, 0.29) is 38.0 Å². The number of rotatable bonds is 22. The number of amides is 2. The normalized spacial score (nSPS) is 31.9. The molecule has 1 unspecified atom stereocenters. The van der Waals surface area contributed by atoms with Gasteiger partial charge in [0.05, 0.1) is 13.1 Å². The minimum Gasteiger partial charge on any atom is -0.388 e. The first kappa shape index (κ1) is 39.7. The summed E-state index contributed by atoms with van der Waals surface area (Å²) in [6.45, 7) is 5.34. The lowest BCUT2D eigenvalue weighted by Crippen LogP contribution is -2.65. The van der Waals surface area contributed by atoms with E-state index in [1.54, 1.807) is 0 Å². The Balaban J connectivity index is 1.82. The van der Waals surface area contributed by atoms with Crippen molar-refractivity contribution in [2.24, 2.45) is 0 Å². The van der Waals surface area contributed by atoms with E-state index in [1.807, 2.05) is 0 Å². The molecular weight excluding hydrogens is 592 g/mol. The van der Waals surface area contributed by atoms with Crippen LogP contribution in [-0.2, 0) is 23.8 Å². The van der Waals surface area contributed by atoms with Gasteiger partial charge in [-0.25, -0.2) is 0 Å². The first-order valence-electron chi connectivity index (χ1n) is 16.6. The molecule has 2 aliphatic rings. The van der Waals surface area contributed by atoms with Crippen LogP contribution in [0.1, 0.15) is 78.1 Å². The van der Waals surface area contributed by atoms with Crippen molar-refractivity contribution in [2.75, 3.05) is 39.3 Å². The van der Waals surface area contributed by atoms with Gasteiger partial charge >= 0.3 is 0 Å². The second kappa shape index (κ2) is 22.1. The van der Waals surface area contributed by atoms with Crippen LogP contribution in [0.3, 0.4) is 0 Å². The van der Waals surface area contributed by atoms with Crippen molar-refractivity contribution in [3.05, 3.63) is 0 Å². The largest absolute Gasteiger partial charge is 0.388 e. The predicted molar refractivity (Wildman–Crippen MR) is 164 cm³/mol. The molecule has 0 radical (unpaired) electrons. The predicted octanol–water partition coefficient (Wildman–Crippen LogP) is -2.03. The van der Waals surface area contributed by atoms with E-state index in [0.29, 0.717) is 13.1 Å². The topological polar surface area (TPSA) is 231 Å². The van der Waals surface area contributed by atoms with Gasteiger partial charge in [0.1, 0.15) is 48.8 Å². The zero-order valence-corrected chi connectivity index (χ0v) is 26.8. The zero-order chi connectivity index (χ0) is 33.2. The van der Waals surface area contributed by atoms with Crippen molar-refractivity contribution in [3.8, 4) is 0 Å². The van der Waals surface area contributed by atoms with Crippen molar-refractivity contribution in [1.82, 2.24) is 21.3 Å². The van der Waals surface area contributed by atoms with Gasteiger partial charge in [0.15, 0.2) is 12.6 Å². The summed E-state index contributed by atoms with van der Waals surface area (Å²) >= 11 is 0. The summed E-state index contributed by atoms with van der Waals surface area (Å²) in [5.41, 5.74) is 0. The van der Waals surface area contributed by atoms with Crippen LogP contribution in [0.4, 0.5) is 0 Å². The third-order valence-electron chi connectivity index (χ3n) is 8.09. The standard InChI is InChI=1S/C30H58N4O11/c1-3-5-7-9-11-13-31-17-21(35)33-15-19-23(37)25(39)27(41)29(43-19)45-30-28(42)26(40)24(38)20(44-30)16-34-22(36)18-32-14-12-10-8-6-4-2/h19-20,23-32,37-42H,3-18H2,1-2H3,(H,33,35)(H,34,36)/t19-,20-,23-,24-,25-,26+,27-,28-,29-,30?/m1/s1. The molecule has 0 aromatic carbocycles. The summed E-state index contributed by atoms with van der Waals surface area (Å²) in [5, 5.41) is 74.0. The zero-order valence-electron chi connectivity index (χ0n) is 26.8. The van der Waals surface area contributed by atoms with Crippen LogP contribution in [0.2, 0.25) is 0 Å². The van der Waals surface area contributed by atoms with Gasteiger partial charge in [0, 0.05) is 13.1 Å². The Morgan fingerprint density at radius 2 is 0.933 bits per heavy atom. The fraction of sp³-hybridized carbons (Fsp3) is 0.933. The van der Waals surface area contributed by atoms with Crippen molar-refractivity contribution < 1.29 is 54.4 Å². The minimum absolute atomic E-state index is 0.0526. The van der Waals surface area contributed by atoms with Gasteiger partial charge in [-0.05, 0) is 25.9 Å². The third-order valence-corrected chi connectivity index (χ3v) is 8.09. The minimum atomic E-state index is -1.77. The highest BCUT2D eigenvalue weighted by Crippen LogP contribution is 2.28. The maximum absolute atomic E-state index is 12.3. The van der Waals surface area contributed by atoms with E-state index in [1.165, 1.54) is 12.8 Å². The molecule has 10 N–H and O–H groups in total. The van der Waals surface area contributed by atoms with E-state index in [0.717, 1.165) is 51.4 Å². The number of carbonyl (C=O) groups excluding carboxylic acids is 2. The Kier molecular flexibility index (Phi) is 19.5. The number of hydrogen-bond acceptors (Lipinski definition) is 13. The van der Waals surface area contributed by atoms with Gasteiger partial charge in [-0.1, -0.05) is 65.2 Å². The first-order valence-corrected chi connectivity index (χ1v) is 16.6. The average Bonchev–Trinajstić information content (AvgIpc) is 3.03. The molecule has 2 rings (SSSR count). The van der Waals surface area contributed by atoms with Crippen molar-refractivity contribution in [1.29, 1.82) is 0 Å². The summed E-state index contributed by atoms with van der Waals surface area (Å²) in [5.74, 6) is -0.708. The Labute approximate surface area is 266 Å². The molecule has 2 saturated heterocycles. The Morgan fingerprint density at radius 1 is 0.556 bits per heavy atom. The molecule has 0 aromatic heterocycles. The second-order valence-corrected chi connectivity index (χ2v) is 12.0. The molecule has 0 aliphatic carbocycles. The molecule has 0 spiro atoms. The monoisotopic (exact) mass is 650 g/mol. The first-order chi connectivity index (χ1) is 21.6. The molecule has 15 nitrogen and oxygen atoms in total. The van der Waals surface area contributed by atoms with Gasteiger partial charge in [-0.3, -0.25) is 9.59 Å². The van der Waals surface area contributed by atoms with Crippen molar-refractivity contribution >= 4 is 11.8 Å². The number of aliphatic hydroxyl groups excluding tert-OH is 6. The molecule has 0 aromatic rings. The maximum atomic E-state index is 12.3. The fourth-order valence-electron chi connectivity index (χ4n) is 5.19. The number of carbonyl (C=O) groups is 2. The van der Waals surface area contributed by atoms with Gasteiger partial charge in [-0.15, -0.1) is 0 Å². The summed E-state index contributed by atoms with van der Waals surface area (Å²) in [6.07, 6.45) is -4.74. The lowest BCUT2D eigenvalue weighted by Gasteiger charge is -2.45. The highest BCUT2D eigenvalue weighted by molar-refractivity contribution is 5.78. The molecular formula is C30H58N4O11. The molecule has 2 heterocycles. The Bertz CT molecular complexity index is 765. The summed E-state index contributed by atoms with van der Waals surface area (Å²) in [7, 11) is 0. The van der Waals surface area contributed by atoms with Gasteiger partial charge in [0.25, 0.3) is 0 Å². The number of nitrogens with one attached hydrogen (secondary N) is 4. The molecule has 45 heavy (non-hydrogen) atoms. The smallest absolute Gasteiger partial charge is 0.234 e. The molecule has 0 saturated carbocycles. The lowest BCUT2D eigenvalue weighted by molar-refractivity contribution is -0.372. The second-order valence-electron chi connectivity index (χ2n) is 12.0. The van der Waals surface area contributed by atoms with Crippen molar-refractivity contribution in [2.45, 2.75) is 139 Å². The highest BCUT2D eigenvalue weighted by Gasteiger charge is 2.49. The average molecular weight is 651 g/mol. The fourth-order valence-corrected chi connectivity index (χ4v) is 5.19. The third kappa shape index (κ3) is 14.0. The molecule has 10 atom stereocenters. The number of ether oxygens (including phenoxy) is 3. The quantitative estimate of drug-likeness (QED) is 0.0571. The molecule has 2 amide bonds. The summed E-state index contributed by atoms with van der Waals surface area (Å²) < 4.78 is 16.8. The van der Waals surface area contributed by atoms with Gasteiger partial charge < -0.3 is 66.1 Å². The number of aliphatic hydroxyl groups is 6. The van der Waals surface area contributed by atoms with E-state index in [9.17, 15) is 40.2 Å². The highest BCUT2D eigenvalue weighted by atomic mass is 16.8. The van der Waals surface area contributed by atoms with Crippen LogP contribution >= 0.6 is 0 Å². The van der Waals surface area contributed by atoms with Crippen molar-refractivity contribution in [3.63, 3.8) is 0 Å².